The van der Waals surface area contributed by atoms with E-state index in [9.17, 15) is 22.0 Å². The van der Waals surface area contributed by atoms with Gasteiger partial charge < -0.3 is 14.8 Å². The van der Waals surface area contributed by atoms with Crippen LogP contribution in [0.4, 0.5) is 27.6 Å². The normalized spacial score (nSPS) is 19.1. The summed E-state index contributed by atoms with van der Waals surface area (Å²) in [6.45, 7) is 3.29. The third-order valence-electron chi connectivity index (χ3n) is 2.82. The molecule has 0 amide bonds. The van der Waals surface area contributed by atoms with Crippen LogP contribution in [0, 0.1) is 29.1 Å². The summed E-state index contributed by atoms with van der Waals surface area (Å²) in [6.07, 6.45) is 0. The van der Waals surface area contributed by atoms with E-state index in [1.54, 1.807) is 13.8 Å². The van der Waals surface area contributed by atoms with Gasteiger partial charge in [-0.05, 0) is 13.8 Å². The lowest BCUT2D eigenvalue weighted by Gasteiger charge is -2.35. The minimum Gasteiger partial charge on any atom is -0.373 e. The lowest BCUT2D eigenvalue weighted by Crippen LogP contribution is -2.45. The Balaban J connectivity index is 2.23. The molecule has 0 unspecified atom stereocenters. The predicted octanol–water partition coefficient (Wildman–Crippen LogP) is 2.95. The topological polar surface area (TPSA) is 30.5 Å². The van der Waals surface area contributed by atoms with Gasteiger partial charge in [0.15, 0.2) is 29.1 Å². The largest absolute Gasteiger partial charge is 0.373 e. The number of benzene rings is 1. The van der Waals surface area contributed by atoms with Crippen molar-refractivity contribution in [2.75, 3.05) is 18.5 Å². The zero-order valence-electron chi connectivity index (χ0n) is 10.7. The summed E-state index contributed by atoms with van der Waals surface area (Å²) < 4.78 is 76.2. The zero-order valence-corrected chi connectivity index (χ0v) is 10.7. The van der Waals surface area contributed by atoms with Gasteiger partial charge in [0.25, 0.3) is 0 Å². The molecule has 112 valence electrons. The molecule has 0 atom stereocenters. The summed E-state index contributed by atoms with van der Waals surface area (Å²) in [6, 6.07) is -0.726. The molecule has 1 heterocycles. The summed E-state index contributed by atoms with van der Waals surface area (Å²) in [5.74, 6) is -10.9. The first-order valence-corrected chi connectivity index (χ1v) is 5.79. The molecule has 1 aliphatic rings. The molecule has 0 radical (unpaired) electrons. The Morgan fingerprint density at radius 1 is 0.850 bits per heavy atom. The highest BCUT2D eigenvalue weighted by molar-refractivity contribution is 5.48. The van der Waals surface area contributed by atoms with E-state index >= 15 is 0 Å². The van der Waals surface area contributed by atoms with Gasteiger partial charge in [0.05, 0.1) is 19.3 Å². The van der Waals surface area contributed by atoms with Crippen LogP contribution in [-0.2, 0) is 9.47 Å². The second-order valence-electron chi connectivity index (χ2n) is 4.81. The van der Waals surface area contributed by atoms with Gasteiger partial charge >= 0.3 is 0 Å². The molecule has 20 heavy (non-hydrogen) atoms. The summed E-state index contributed by atoms with van der Waals surface area (Å²) in [4.78, 5) is 0. The van der Waals surface area contributed by atoms with E-state index in [0.29, 0.717) is 0 Å². The van der Waals surface area contributed by atoms with Gasteiger partial charge in [0, 0.05) is 0 Å². The predicted molar refractivity (Wildman–Crippen MR) is 59.6 cm³/mol. The van der Waals surface area contributed by atoms with Crippen LogP contribution in [0.2, 0.25) is 0 Å². The zero-order chi connectivity index (χ0) is 15.1. The van der Waals surface area contributed by atoms with E-state index in [0.717, 1.165) is 0 Å². The van der Waals surface area contributed by atoms with Gasteiger partial charge in [-0.15, -0.1) is 0 Å². The van der Waals surface area contributed by atoms with E-state index in [4.69, 9.17) is 9.47 Å². The highest BCUT2D eigenvalue weighted by Crippen LogP contribution is 2.28. The van der Waals surface area contributed by atoms with Crippen molar-refractivity contribution in [3.8, 4) is 0 Å². The molecular weight excluding hydrogens is 285 g/mol. The Labute approximate surface area is 111 Å². The first kappa shape index (κ1) is 15.0. The van der Waals surface area contributed by atoms with Gasteiger partial charge in [-0.3, -0.25) is 0 Å². The molecule has 1 fully saturated rings. The van der Waals surface area contributed by atoms with E-state index in [1.165, 1.54) is 0 Å². The van der Waals surface area contributed by atoms with Gasteiger partial charge in [-0.2, -0.15) is 0 Å². The fraction of sp³-hybridized carbons (Fsp3) is 0.500. The van der Waals surface area contributed by atoms with Crippen LogP contribution in [0.3, 0.4) is 0 Å². The summed E-state index contributed by atoms with van der Waals surface area (Å²) in [5, 5.41) is 2.22. The van der Waals surface area contributed by atoms with Gasteiger partial charge in [0.2, 0.25) is 5.82 Å². The Morgan fingerprint density at radius 3 is 1.70 bits per heavy atom. The number of ether oxygens (including phenoxy) is 2. The van der Waals surface area contributed by atoms with Crippen molar-refractivity contribution < 1.29 is 31.4 Å². The van der Waals surface area contributed by atoms with Gasteiger partial charge in [-0.25, -0.2) is 22.0 Å². The minimum atomic E-state index is -2.19. The summed E-state index contributed by atoms with van der Waals surface area (Å²) >= 11 is 0. The number of halogens is 5. The van der Waals surface area contributed by atoms with Crippen LogP contribution in [0.5, 0.6) is 0 Å². The van der Waals surface area contributed by atoms with Crippen molar-refractivity contribution in [3.05, 3.63) is 29.1 Å². The SMILES string of the molecule is CC1(C)OCC(Nc2c(F)c(F)c(F)c(F)c2F)CO1. The molecule has 1 aromatic rings. The van der Waals surface area contributed by atoms with Crippen molar-refractivity contribution in [3.63, 3.8) is 0 Å². The third-order valence-corrected chi connectivity index (χ3v) is 2.82. The molecule has 0 aromatic heterocycles. The average Bonchev–Trinajstić information content (AvgIpc) is 2.41. The maximum atomic E-state index is 13.4. The standard InChI is InChI=1S/C12H12F5NO2/c1-12(2)19-3-5(4-20-12)18-11-9(16)7(14)6(13)8(15)10(11)17/h5,18H,3-4H2,1-2H3. The smallest absolute Gasteiger partial charge is 0.200 e. The van der Waals surface area contributed by atoms with E-state index < -0.39 is 46.6 Å². The number of nitrogens with one attached hydrogen (secondary N) is 1. The lowest BCUT2D eigenvalue weighted by atomic mass is 10.2. The van der Waals surface area contributed by atoms with Crippen molar-refractivity contribution >= 4 is 5.69 Å². The fourth-order valence-electron chi connectivity index (χ4n) is 1.71. The van der Waals surface area contributed by atoms with Gasteiger partial charge in [-0.1, -0.05) is 0 Å². The fourth-order valence-corrected chi connectivity index (χ4v) is 1.71. The molecule has 0 aliphatic carbocycles. The lowest BCUT2D eigenvalue weighted by molar-refractivity contribution is -0.247. The van der Waals surface area contributed by atoms with E-state index in [-0.39, 0.29) is 13.2 Å². The first-order chi connectivity index (χ1) is 9.23. The molecule has 0 saturated carbocycles. The monoisotopic (exact) mass is 297 g/mol. The van der Waals surface area contributed by atoms with Crippen molar-refractivity contribution in [2.45, 2.75) is 25.7 Å². The van der Waals surface area contributed by atoms with E-state index in [2.05, 4.69) is 5.32 Å². The second-order valence-corrected chi connectivity index (χ2v) is 4.81. The number of hydrogen-bond acceptors (Lipinski definition) is 3. The van der Waals surface area contributed by atoms with Crippen molar-refractivity contribution in [1.29, 1.82) is 0 Å². The molecule has 2 rings (SSSR count). The Hall–Kier alpha value is -1.41. The first-order valence-electron chi connectivity index (χ1n) is 5.79. The summed E-state index contributed by atoms with van der Waals surface area (Å²) in [7, 11) is 0. The van der Waals surface area contributed by atoms with Crippen molar-refractivity contribution in [2.24, 2.45) is 0 Å². The Morgan fingerprint density at radius 2 is 1.25 bits per heavy atom. The van der Waals surface area contributed by atoms with Crippen LogP contribution < -0.4 is 5.32 Å². The number of rotatable bonds is 2. The Kier molecular flexibility index (Phi) is 3.88. The molecule has 0 spiro atoms. The van der Waals surface area contributed by atoms with E-state index in [1.807, 2.05) is 0 Å². The summed E-state index contributed by atoms with van der Waals surface area (Å²) in [5.41, 5.74) is -1.08. The van der Waals surface area contributed by atoms with Crippen LogP contribution >= 0.6 is 0 Å². The maximum absolute atomic E-state index is 13.4. The van der Waals surface area contributed by atoms with Gasteiger partial charge in [0.1, 0.15) is 5.69 Å². The highest BCUT2D eigenvalue weighted by Gasteiger charge is 2.31. The van der Waals surface area contributed by atoms with Crippen LogP contribution in [0.25, 0.3) is 0 Å². The molecule has 8 heteroatoms. The molecule has 1 aliphatic heterocycles. The molecule has 1 saturated heterocycles. The molecule has 1 aromatic carbocycles. The quantitative estimate of drug-likeness (QED) is 0.517. The molecular formula is C12H12F5NO2. The van der Waals surface area contributed by atoms with Crippen LogP contribution in [-0.4, -0.2) is 25.0 Å². The average molecular weight is 297 g/mol. The van der Waals surface area contributed by atoms with Crippen molar-refractivity contribution in [1.82, 2.24) is 0 Å². The number of hydrogen-bond donors (Lipinski definition) is 1. The number of anilines is 1. The third kappa shape index (κ3) is 2.71. The second kappa shape index (κ2) is 5.17. The molecule has 1 N–H and O–H groups in total. The van der Waals surface area contributed by atoms with Crippen LogP contribution in [0.15, 0.2) is 0 Å². The maximum Gasteiger partial charge on any atom is 0.200 e. The molecule has 0 bridgehead atoms. The Bertz CT molecular complexity index is 496. The minimum absolute atomic E-state index is 0.00644. The highest BCUT2D eigenvalue weighted by atomic mass is 19.2. The van der Waals surface area contributed by atoms with Crippen LogP contribution in [0.1, 0.15) is 13.8 Å². The molecule has 3 nitrogen and oxygen atoms in total.